The van der Waals surface area contributed by atoms with E-state index in [1.54, 1.807) is 0 Å². The molecular weight excluding hydrogens is 351 g/mol. The molecule has 3 aliphatic rings. The third kappa shape index (κ3) is 4.97. The number of amides is 2. The summed E-state index contributed by atoms with van der Waals surface area (Å²) in [7, 11) is 0. The second-order valence-electron chi connectivity index (χ2n) is 6.90. The van der Waals surface area contributed by atoms with Crippen LogP contribution in [0.5, 0.6) is 0 Å². The molecule has 8 heteroatoms. The van der Waals surface area contributed by atoms with Crippen molar-refractivity contribution in [3.63, 3.8) is 0 Å². The Bertz CT molecular complexity index is 420. The van der Waals surface area contributed by atoms with Gasteiger partial charge in [0.25, 0.3) is 0 Å². The van der Waals surface area contributed by atoms with Crippen LogP contribution in [-0.4, -0.2) is 85.4 Å². The van der Waals surface area contributed by atoms with Crippen LogP contribution in [0.3, 0.4) is 0 Å². The maximum Gasteiger partial charge on any atom is 0.236 e. The molecule has 2 amide bonds. The van der Waals surface area contributed by atoms with Gasteiger partial charge in [-0.3, -0.25) is 14.5 Å². The fourth-order valence-corrected chi connectivity index (χ4v) is 3.54. The van der Waals surface area contributed by atoms with E-state index in [0.29, 0.717) is 12.5 Å². The van der Waals surface area contributed by atoms with Gasteiger partial charge in [-0.2, -0.15) is 0 Å². The molecule has 3 fully saturated rings. The molecule has 1 N–H and O–H groups in total. The van der Waals surface area contributed by atoms with E-state index < -0.39 is 0 Å². The summed E-state index contributed by atoms with van der Waals surface area (Å²) in [6.07, 6.45) is 2.28. The second kappa shape index (κ2) is 9.80. The number of piperazine rings is 1. The van der Waals surface area contributed by atoms with Crippen molar-refractivity contribution in [1.29, 1.82) is 0 Å². The predicted octanol–water partition coefficient (Wildman–Crippen LogP) is 0.452. The zero-order chi connectivity index (χ0) is 15.5. The highest BCUT2D eigenvalue weighted by Crippen LogP contribution is 2.19. The van der Waals surface area contributed by atoms with Crippen molar-refractivity contribution in [2.24, 2.45) is 11.8 Å². The molecule has 0 aromatic carbocycles. The molecule has 3 aliphatic heterocycles. The molecule has 3 heterocycles. The zero-order valence-corrected chi connectivity index (χ0v) is 16.0. The number of nitrogens with one attached hydrogen (secondary N) is 1. The summed E-state index contributed by atoms with van der Waals surface area (Å²) in [4.78, 5) is 30.8. The van der Waals surface area contributed by atoms with E-state index in [9.17, 15) is 9.59 Å². The van der Waals surface area contributed by atoms with Gasteiger partial charge in [-0.15, -0.1) is 24.8 Å². The molecule has 0 radical (unpaired) electrons. The Labute approximate surface area is 157 Å². The fourth-order valence-electron chi connectivity index (χ4n) is 3.54. The molecule has 1 atom stereocenters. The van der Waals surface area contributed by atoms with Gasteiger partial charge in [0.15, 0.2) is 0 Å². The van der Waals surface area contributed by atoms with Gasteiger partial charge in [0.1, 0.15) is 0 Å². The van der Waals surface area contributed by atoms with E-state index in [2.05, 4.69) is 17.1 Å². The van der Waals surface area contributed by atoms with Crippen LogP contribution in [0.2, 0.25) is 0 Å². The second-order valence-corrected chi connectivity index (χ2v) is 6.90. The lowest BCUT2D eigenvalue weighted by Crippen LogP contribution is -2.55. The largest absolute Gasteiger partial charge is 0.342 e. The molecule has 0 spiro atoms. The topological polar surface area (TPSA) is 55.9 Å². The van der Waals surface area contributed by atoms with Gasteiger partial charge in [-0.05, 0) is 31.8 Å². The Balaban J connectivity index is 0.00000144. The number of hydrogen-bond acceptors (Lipinski definition) is 4. The van der Waals surface area contributed by atoms with Crippen LogP contribution in [0.15, 0.2) is 0 Å². The van der Waals surface area contributed by atoms with Crippen molar-refractivity contribution in [2.45, 2.75) is 19.8 Å². The van der Waals surface area contributed by atoms with Crippen LogP contribution in [0.25, 0.3) is 0 Å². The normalized spacial score (nSPS) is 23.0. The summed E-state index contributed by atoms with van der Waals surface area (Å²) in [5.41, 5.74) is 0. The lowest BCUT2D eigenvalue weighted by molar-refractivity contribution is -0.139. The van der Waals surface area contributed by atoms with E-state index in [4.69, 9.17) is 0 Å². The minimum atomic E-state index is 0. The summed E-state index contributed by atoms with van der Waals surface area (Å²) in [6.45, 7) is 9.51. The summed E-state index contributed by atoms with van der Waals surface area (Å²) < 4.78 is 0. The molecule has 6 nitrogen and oxygen atoms in total. The lowest BCUT2D eigenvalue weighted by Gasteiger charge is -2.39. The SMILES string of the molecule is CC(C(=O)N1CCN(CC(=O)N2CCCC2)CC1)C1CNC1.Cl.Cl. The third-order valence-corrected chi connectivity index (χ3v) is 5.41. The van der Waals surface area contributed by atoms with E-state index in [0.717, 1.165) is 65.2 Å². The Morgan fingerprint density at radius 1 is 0.958 bits per heavy atom. The average Bonchev–Trinajstić information content (AvgIpc) is 2.99. The van der Waals surface area contributed by atoms with E-state index >= 15 is 0 Å². The maximum atomic E-state index is 12.5. The number of carbonyl (C=O) groups is 2. The molecule has 3 saturated heterocycles. The molecule has 0 aromatic rings. The standard InChI is InChI=1S/C16H28N4O2.2ClH/c1-13(14-10-17-11-14)16(22)20-8-6-18(7-9-20)12-15(21)19-4-2-3-5-19;;/h13-14,17H,2-12H2,1H3;2*1H. The first-order valence-electron chi connectivity index (χ1n) is 8.65. The Morgan fingerprint density at radius 2 is 1.54 bits per heavy atom. The van der Waals surface area contributed by atoms with Crippen molar-refractivity contribution in [2.75, 3.05) is 58.9 Å². The highest BCUT2D eigenvalue weighted by atomic mass is 35.5. The van der Waals surface area contributed by atoms with Gasteiger partial charge in [-0.25, -0.2) is 0 Å². The molecule has 24 heavy (non-hydrogen) atoms. The van der Waals surface area contributed by atoms with Crippen LogP contribution in [0.4, 0.5) is 0 Å². The molecule has 0 bridgehead atoms. The van der Waals surface area contributed by atoms with Crippen LogP contribution in [0.1, 0.15) is 19.8 Å². The maximum absolute atomic E-state index is 12.5. The molecule has 140 valence electrons. The zero-order valence-electron chi connectivity index (χ0n) is 14.4. The monoisotopic (exact) mass is 380 g/mol. The molecule has 1 unspecified atom stereocenters. The number of carbonyl (C=O) groups excluding carboxylic acids is 2. The molecule has 0 saturated carbocycles. The Kier molecular flexibility index (Phi) is 8.77. The van der Waals surface area contributed by atoms with Gasteiger partial charge in [0.05, 0.1) is 6.54 Å². The molecule has 0 aliphatic carbocycles. The lowest BCUT2D eigenvalue weighted by atomic mass is 9.88. The first-order valence-corrected chi connectivity index (χ1v) is 8.65. The van der Waals surface area contributed by atoms with Crippen molar-refractivity contribution >= 4 is 36.6 Å². The fraction of sp³-hybridized carbons (Fsp3) is 0.875. The van der Waals surface area contributed by atoms with Crippen LogP contribution < -0.4 is 5.32 Å². The first kappa shape index (κ1) is 21.5. The van der Waals surface area contributed by atoms with Crippen molar-refractivity contribution in [1.82, 2.24) is 20.0 Å². The van der Waals surface area contributed by atoms with E-state index in [1.807, 2.05) is 9.80 Å². The summed E-state index contributed by atoms with van der Waals surface area (Å²) in [6, 6.07) is 0. The smallest absolute Gasteiger partial charge is 0.236 e. The number of likely N-dealkylation sites (tertiary alicyclic amines) is 1. The van der Waals surface area contributed by atoms with Gasteiger partial charge < -0.3 is 15.1 Å². The minimum Gasteiger partial charge on any atom is -0.342 e. The summed E-state index contributed by atoms with van der Waals surface area (Å²) in [5, 5.41) is 3.23. The Hall–Kier alpha value is -0.560. The molecule has 0 aromatic heterocycles. The van der Waals surface area contributed by atoms with Crippen LogP contribution in [-0.2, 0) is 9.59 Å². The predicted molar refractivity (Wildman–Crippen MR) is 98.9 cm³/mol. The average molecular weight is 381 g/mol. The van der Waals surface area contributed by atoms with E-state index in [-0.39, 0.29) is 42.5 Å². The minimum absolute atomic E-state index is 0. The summed E-state index contributed by atoms with van der Waals surface area (Å²) >= 11 is 0. The first-order chi connectivity index (χ1) is 10.6. The van der Waals surface area contributed by atoms with Crippen LogP contribution >= 0.6 is 24.8 Å². The highest BCUT2D eigenvalue weighted by molar-refractivity contribution is 5.85. The number of rotatable bonds is 4. The quantitative estimate of drug-likeness (QED) is 0.769. The van der Waals surface area contributed by atoms with Gasteiger partial charge >= 0.3 is 0 Å². The Morgan fingerprint density at radius 3 is 2.04 bits per heavy atom. The van der Waals surface area contributed by atoms with Crippen LogP contribution in [0, 0.1) is 11.8 Å². The molecule has 3 rings (SSSR count). The number of hydrogen-bond donors (Lipinski definition) is 1. The van der Waals surface area contributed by atoms with Crippen molar-refractivity contribution in [3.8, 4) is 0 Å². The third-order valence-electron chi connectivity index (χ3n) is 5.41. The highest BCUT2D eigenvalue weighted by Gasteiger charge is 2.33. The van der Waals surface area contributed by atoms with Gasteiger partial charge in [0, 0.05) is 45.2 Å². The van der Waals surface area contributed by atoms with E-state index in [1.165, 1.54) is 0 Å². The van der Waals surface area contributed by atoms with Crippen molar-refractivity contribution < 1.29 is 9.59 Å². The molecular formula is C16H30Cl2N4O2. The van der Waals surface area contributed by atoms with Gasteiger partial charge in [0.2, 0.25) is 11.8 Å². The van der Waals surface area contributed by atoms with Crippen molar-refractivity contribution in [3.05, 3.63) is 0 Å². The van der Waals surface area contributed by atoms with Gasteiger partial charge in [-0.1, -0.05) is 6.92 Å². The summed E-state index contributed by atoms with van der Waals surface area (Å²) in [5.74, 6) is 1.17. The number of halogens is 2. The number of nitrogens with zero attached hydrogens (tertiary/aromatic N) is 3.